The van der Waals surface area contributed by atoms with Crippen LogP contribution in [0, 0.1) is 11.8 Å². The highest BCUT2D eigenvalue weighted by Gasteiger charge is 2.40. The Morgan fingerprint density at radius 1 is 1.43 bits per heavy atom. The van der Waals surface area contributed by atoms with E-state index in [2.05, 4.69) is 21.9 Å². The molecule has 5 nitrogen and oxygen atoms in total. The van der Waals surface area contributed by atoms with Gasteiger partial charge >= 0.3 is 5.97 Å². The Kier molecular flexibility index (Phi) is 4.83. The van der Waals surface area contributed by atoms with E-state index in [0.29, 0.717) is 12.5 Å². The van der Waals surface area contributed by atoms with Crippen molar-refractivity contribution in [2.24, 2.45) is 11.8 Å². The summed E-state index contributed by atoms with van der Waals surface area (Å²) < 4.78 is 5.48. The summed E-state index contributed by atoms with van der Waals surface area (Å²) in [4.78, 5) is 16.3. The van der Waals surface area contributed by atoms with Crippen molar-refractivity contribution in [2.45, 2.75) is 38.1 Å². The number of carbonyl (C=O) groups is 1. The summed E-state index contributed by atoms with van der Waals surface area (Å²) in [5, 5.41) is 0. The quantitative estimate of drug-likeness (QED) is 0.634. The minimum atomic E-state index is -0.0351. The van der Waals surface area contributed by atoms with Gasteiger partial charge in [0.15, 0.2) is 0 Å². The molecule has 1 aliphatic carbocycles. The highest BCUT2D eigenvalue weighted by molar-refractivity contribution is 5.73. The average Bonchev–Trinajstić information content (AvgIpc) is 3.01. The first-order valence-corrected chi connectivity index (χ1v) is 7.88. The number of ether oxygens (including phenoxy) is 1. The summed E-state index contributed by atoms with van der Waals surface area (Å²) in [6, 6.07) is 4.24. The normalized spacial score (nSPS) is 28.1. The maximum atomic E-state index is 12.2. The van der Waals surface area contributed by atoms with Crippen LogP contribution in [0.15, 0.2) is 24.5 Å². The molecule has 1 aromatic heterocycles. The number of rotatable bonds is 5. The van der Waals surface area contributed by atoms with Crippen molar-refractivity contribution in [1.29, 1.82) is 0 Å². The van der Waals surface area contributed by atoms with E-state index in [0.717, 1.165) is 32.2 Å². The van der Waals surface area contributed by atoms with Crippen LogP contribution in [0.3, 0.4) is 0 Å². The molecule has 3 atom stereocenters. The molecule has 0 aromatic carbocycles. The number of esters is 1. The fourth-order valence-corrected chi connectivity index (χ4v) is 3.41. The Balaban J connectivity index is 1.41. The van der Waals surface area contributed by atoms with Gasteiger partial charge in [-0.1, -0.05) is 12.5 Å². The molecule has 0 radical (unpaired) electrons. The van der Waals surface area contributed by atoms with Crippen LogP contribution in [0.2, 0.25) is 0 Å². The van der Waals surface area contributed by atoms with Crippen LogP contribution in [0.1, 0.15) is 31.2 Å². The van der Waals surface area contributed by atoms with E-state index in [1.54, 1.807) is 6.20 Å². The first-order valence-electron chi connectivity index (χ1n) is 7.88. The Hall–Kier alpha value is -1.46. The molecular formula is C16H23N3O2. The van der Waals surface area contributed by atoms with Crippen molar-refractivity contribution >= 4 is 5.97 Å². The number of aryl methyl sites for hydroxylation is 1. The molecule has 2 fully saturated rings. The van der Waals surface area contributed by atoms with Crippen LogP contribution < -0.4 is 10.9 Å². The third-order valence-corrected chi connectivity index (χ3v) is 4.54. The number of aromatic nitrogens is 1. The maximum Gasteiger partial charge on any atom is 0.310 e. The number of pyridine rings is 1. The number of hydrogen-bond donors (Lipinski definition) is 2. The second-order valence-electron chi connectivity index (χ2n) is 5.98. The summed E-state index contributed by atoms with van der Waals surface area (Å²) in [7, 11) is 0. The number of nitrogens with one attached hydrogen (secondary N) is 2. The first kappa shape index (κ1) is 14.5. The van der Waals surface area contributed by atoms with Crippen molar-refractivity contribution < 1.29 is 9.53 Å². The van der Waals surface area contributed by atoms with Gasteiger partial charge in [0.1, 0.15) is 0 Å². The van der Waals surface area contributed by atoms with Crippen molar-refractivity contribution in [3.63, 3.8) is 0 Å². The number of hydrazine groups is 1. The molecule has 1 saturated heterocycles. The van der Waals surface area contributed by atoms with E-state index in [-0.39, 0.29) is 17.9 Å². The lowest BCUT2D eigenvalue weighted by molar-refractivity contribution is -0.151. The third-order valence-electron chi connectivity index (χ3n) is 4.54. The summed E-state index contributed by atoms with van der Waals surface area (Å²) in [6.07, 6.45) is 8.65. The second kappa shape index (κ2) is 7.00. The zero-order valence-corrected chi connectivity index (χ0v) is 12.3. The lowest BCUT2D eigenvalue weighted by atomic mass is 9.78. The van der Waals surface area contributed by atoms with Crippen molar-refractivity contribution in [3.05, 3.63) is 30.1 Å². The van der Waals surface area contributed by atoms with Gasteiger partial charge < -0.3 is 4.74 Å². The molecule has 1 saturated carbocycles. The van der Waals surface area contributed by atoms with E-state index in [1.807, 2.05) is 12.3 Å². The SMILES string of the molecule is O=C(OCCCc1cccnc1)C1CCCC2CNNC21. The molecule has 3 rings (SSSR count). The topological polar surface area (TPSA) is 63.2 Å². The Bertz CT molecular complexity index is 466. The monoisotopic (exact) mass is 289 g/mol. The number of fused-ring (bicyclic) bond motifs is 1. The number of carbonyl (C=O) groups excluding carboxylic acids is 1. The largest absolute Gasteiger partial charge is 0.465 e. The van der Waals surface area contributed by atoms with E-state index in [4.69, 9.17) is 4.74 Å². The smallest absolute Gasteiger partial charge is 0.310 e. The molecule has 2 heterocycles. The van der Waals surface area contributed by atoms with Crippen LogP contribution >= 0.6 is 0 Å². The first-order chi connectivity index (χ1) is 10.3. The van der Waals surface area contributed by atoms with Gasteiger partial charge in [-0.3, -0.25) is 20.6 Å². The molecule has 0 spiro atoms. The molecule has 1 aliphatic heterocycles. The molecule has 1 aromatic rings. The van der Waals surface area contributed by atoms with E-state index < -0.39 is 0 Å². The van der Waals surface area contributed by atoms with E-state index in [9.17, 15) is 4.79 Å². The second-order valence-corrected chi connectivity index (χ2v) is 5.98. The van der Waals surface area contributed by atoms with Gasteiger partial charge in [0.25, 0.3) is 0 Å². The summed E-state index contributed by atoms with van der Waals surface area (Å²) in [5.74, 6) is 0.552. The fraction of sp³-hybridized carbons (Fsp3) is 0.625. The Morgan fingerprint density at radius 3 is 3.24 bits per heavy atom. The zero-order valence-electron chi connectivity index (χ0n) is 12.3. The van der Waals surface area contributed by atoms with Gasteiger partial charge in [-0.25, -0.2) is 0 Å². The Morgan fingerprint density at radius 2 is 2.38 bits per heavy atom. The minimum absolute atomic E-state index is 0.0112. The van der Waals surface area contributed by atoms with Crippen molar-refractivity contribution in [3.8, 4) is 0 Å². The van der Waals surface area contributed by atoms with Gasteiger partial charge in [0.2, 0.25) is 0 Å². The molecule has 5 heteroatoms. The van der Waals surface area contributed by atoms with Gasteiger partial charge in [-0.2, -0.15) is 0 Å². The minimum Gasteiger partial charge on any atom is -0.465 e. The lowest BCUT2D eigenvalue weighted by Gasteiger charge is -2.31. The lowest BCUT2D eigenvalue weighted by Crippen LogP contribution is -2.44. The van der Waals surface area contributed by atoms with Gasteiger partial charge in [-0.15, -0.1) is 0 Å². The van der Waals surface area contributed by atoms with Crippen LogP contribution in [0.4, 0.5) is 0 Å². The van der Waals surface area contributed by atoms with Crippen LogP contribution in [0.5, 0.6) is 0 Å². The summed E-state index contributed by atoms with van der Waals surface area (Å²) in [5.41, 5.74) is 7.61. The van der Waals surface area contributed by atoms with Gasteiger partial charge in [-0.05, 0) is 43.2 Å². The number of hydrogen-bond acceptors (Lipinski definition) is 5. The van der Waals surface area contributed by atoms with Crippen LogP contribution in [0.25, 0.3) is 0 Å². The van der Waals surface area contributed by atoms with Crippen molar-refractivity contribution in [2.75, 3.05) is 13.2 Å². The van der Waals surface area contributed by atoms with Crippen LogP contribution in [-0.2, 0) is 16.0 Å². The summed E-state index contributed by atoms with van der Waals surface area (Å²) >= 11 is 0. The average molecular weight is 289 g/mol. The van der Waals surface area contributed by atoms with E-state index in [1.165, 1.54) is 12.0 Å². The number of nitrogens with zero attached hydrogens (tertiary/aromatic N) is 1. The van der Waals surface area contributed by atoms with Gasteiger partial charge in [0.05, 0.1) is 12.5 Å². The zero-order chi connectivity index (χ0) is 14.5. The predicted octanol–water partition coefficient (Wildman–Crippen LogP) is 1.45. The molecule has 0 bridgehead atoms. The standard InChI is InChI=1S/C16H23N3O2/c20-16(14-7-1-6-13-11-18-19-15(13)14)21-9-3-5-12-4-2-8-17-10-12/h2,4,8,10,13-15,18-19H,1,3,5-7,9,11H2. The maximum absolute atomic E-state index is 12.2. The van der Waals surface area contributed by atoms with Crippen molar-refractivity contribution in [1.82, 2.24) is 15.8 Å². The van der Waals surface area contributed by atoms with Gasteiger partial charge in [0, 0.05) is 25.0 Å². The van der Waals surface area contributed by atoms with Crippen LogP contribution in [-0.4, -0.2) is 30.1 Å². The molecule has 2 N–H and O–H groups in total. The van der Waals surface area contributed by atoms with E-state index >= 15 is 0 Å². The molecule has 0 amide bonds. The molecule has 114 valence electrons. The third kappa shape index (κ3) is 3.60. The molecule has 3 unspecified atom stereocenters. The summed E-state index contributed by atoms with van der Waals surface area (Å²) in [6.45, 7) is 1.46. The molecule has 2 aliphatic rings. The Labute approximate surface area is 125 Å². The fourth-order valence-electron chi connectivity index (χ4n) is 3.41. The predicted molar refractivity (Wildman–Crippen MR) is 79.3 cm³/mol. The molecular weight excluding hydrogens is 266 g/mol. The highest BCUT2D eigenvalue weighted by atomic mass is 16.5. The highest BCUT2D eigenvalue weighted by Crippen LogP contribution is 2.31. The molecule has 21 heavy (non-hydrogen) atoms.